The first-order valence-corrected chi connectivity index (χ1v) is 10.0. The first kappa shape index (κ1) is 17.3. The molecule has 1 N–H and O–H groups in total. The molecule has 0 saturated heterocycles. The lowest BCUT2D eigenvalue weighted by molar-refractivity contribution is -0.254. The zero-order valence-corrected chi connectivity index (χ0v) is 16.3. The lowest BCUT2D eigenvalue weighted by Gasteiger charge is -2.14. The highest BCUT2D eigenvalue weighted by Crippen LogP contribution is 2.30. The van der Waals surface area contributed by atoms with Crippen LogP contribution in [0, 0.1) is 0 Å². The molecular formula is C13H6Br2N3O4S2-. The van der Waals surface area contributed by atoms with Crippen molar-refractivity contribution in [3.05, 3.63) is 44.8 Å². The summed E-state index contributed by atoms with van der Waals surface area (Å²) in [4.78, 5) is 11.1. The molecule has 124 valence electrons. The number of halogens is 2. The van der Waals surface area contributed by atoms with Crippen LogP contribution in [0.5, 0.6) is 0 Å². The third-order valence-corrected chi connectivity index (χ3v) is 6.12. The Hall–Kier alpha value is -1.56. The third kappa shape index (κ3) is 3.16. The Kier molecular flexibility index (Phi) is 4.60. The van der Waals surface area contributed by atoms with Crippen molar-refractivity contribution in [2.75, 3.05) is 4.72 Å². The Morgan fingerprint density at radius 1 is 1.12 bits per heavy atom. The van der Waals surface area contributed by atoms with Crippen molar-refractivity contribution in [1.29, 1.82) is 0 Å². The van der Waals surface area contributed by atoms with Gasteiger partial charge in [0.05, 0.1) is 23.4 Å². The highest BCUT2D eigenvalue weighted by Gasteiger charge is 2.22. The molecule has 0 fully saturated rings. The van der Waals surface area contributed by atoms with Gasteiger partial charge in [0.2, 0.25) is 0 Å². The fraction of sp³-hybridized carbons (Fsp3) is 0. The molecule has 0 radical (unpaired) electrons. The van der Waals surface area contributed by atoms with E-state index in [1.54, 1.807) is 6.07 Å². The largest absolute Gasteiger partial charge is 0.545 e. The van der Waals surface area contributed by atoms with Gasteiger partial charge in [-0.25, -0.2) is 8.42 Å². The smallest absolute Gasteiger partial charge is 0.264 e. The molecule has 1 aromatic heterocycles. The maximum Gasteiger partial charge on any atom is 0.264 e. The van der Waals surface area contributed by atoms with Gasteiger partial charge in [-0.2, -0.15) is 8.75 Å². The van der Waals surface area contributed by atoms with E-state index in [2.05, 4.69) is 45.3 Å². The van der Waals surface area contributed by atoms with Crippen LogP contribution in [-0.4, -0.2) is 23.1 Å². The Balaban J connectivity index is 2.11. The number of anilines is 1. The van der Waals surface area contributed by atoms with E-state index in [-0.39, 0.29) is 21.7 Å². The number of aromatic nitrogens is 2. The quantitative estimate of drug-likeness (QED) is 0.599. The molecule has 2 aromatic carbocycles. The average Bonchev–Trinajstić information content (AvgIpc) is 2.99. The Bertz CT molecular complexity index is 1070. The van der Waals surface area contributed by atoms with Gasteiger partial charge in [-0.1, -0.05) is 15.9 Å². The van der Waals surface area contributed by atoms with Crippen LogP contribution in [0.15, 0.2) is 44.2 Å². The number of aromatic carboxylic acids is 1. The Labute approximate surface area is 157 Å². The summed E-state index contributed by atoms with van der Waals surface area (Å²) in [7, 11) is -4.07. The van der Waals surface area contributed by atoms with Crippen LogP contribution in [0.3, 0.4) is 0 Å². The van der Waals surface area contributed by atoms with Crippen molar-refractivity contribution in [3.63, 3.8) is 0 Å². The highest BCUT2D eigenvalue weighted by molar-refractivity contribution is 9.11. The molecule has 0 spiro atoms. The number of fused-ring (bicyclic) bond motifs is 1. The van der Waals surface area contributed by atoms with Crippen LogP contribution < -0.4 is 9.83 Å². The lowest BCUT2D eigenvalue weighted by atomic mass is 10.2. The lowest BCUT2D eigenvalue weighted by Crippen LogP contribution is -2.25. The summed E-state index contributed by atoms with van der Waals surface area (Å²) in [5.41, 5.74) is 0.239. The first-order valence-electron chi connectivity index (χ1n) is 6.24. The zero-order valence-electron chi connectivity index (χ0n) is 11.5. The molecule has 0 atom stereocenters. The monoisotopic (exact) mass is 490 g/mol. The fourth-order valence-electron chi connectivity index (χ4n) is 2.00. The number of carbonyl (C=O) groups excluding carboxylic acids is 1. The summed E-state index contributed by atoms with van der Waals surface area (Å²) >= 11 is 7.30. The van der Waals surface area contributed by atoms with Crippen LogP contribution in [0.2, 0.25) is 0 Å². The third-order valence-electron chi connectivity index (χ3n) is 3.06. The molecule has 11 heteroatoms. The Morgan fingerprint density at radius 3 is 2.54 bits per heavy atom. The number of benzene rings is 2. The standard InChI is InChI=1S/C13H7Br2N3O4S2/c14-6-1-3-9(7(5-6)13(19)20)18-24(21,22)10-4-2-8(15)11-12(10)17-23-16-11/h1-5,18H,(H,19,20)/p-1. The summed E-state index contributed by atoms with van der Waals surface area (Å²) in [5, 5.41) is 11.2. The van der Waals surface area contributed by atoms with Crippen LogP contribution in [-0.2, 0) is 10.0 Å². The zero-order chi connectivity index (χ0) is 17.5. The minimum Gasteiger partial charge on any atom is -0.545 e. The second kappa shape index (κ2) is 6.39. The van der Waals surface area contributed by atoms with Crippen molar-refractivity contribution in [2.24, 2.45) is 0 Å². The maximum absolute atomic E-state index is 12.7. The van der Waals surface area contributed by atoms with E-state index in [0.717, 1.165) is 11.7 Å². The number of rotatable bonds is 4. The van der Waals surface area contributed by atoms with Crippen LogP contribution in [0.4, 0.5) is 5.69 Å². The van der Waals surface area contributed by atoms with E-state index in [1.807, 2.05) is 0 Å². The molecule has 0 unspecified atom stereocenters. The van der Waals surface area contributed by atoms with Gasteiger partial charge in [0.15, 0.2) is 0 Å². The van der Waals surface area contributed by atoms with Gasteiger partial charge in [-0.3, -0.25) is 4.72 Å². The molecule has 0 amide bonds. The van der Waals surface area contributed by atoms with Crippen molar-refractivity contribution < 1.29 is 18.3 Å². The second-order valence-electron chi connectivity index (χ2n) is 4.59. The number of nitrogens with zero attached hydrogens (tertiary/aromatic N) is 2. The van der Waals surface area contributed by atoms with Gasteiger partial charge in [0.1, 0.15) is 15.9 Å². The normalized spacial score (nSPS) is 11.6. The minimum absolute atomic E-state index is 0.0957. The molecule has 3 aromatic rings. The maximum atomic E-state index is 12.7. The molecule has 0 aliphatic rings. The number of hydrogen-bond acceptors (Lipinski definition) is 7. The van der Waals surface area contributed by atoms with Crippen LogP contribution in [0.25, 0.3) is 11.0 Å². The number of hydrogen-bond donors (Lipinski definition) is 1. The molecule has 7 nitrogen and oxygen atoms in total. The Morgan fingerprint density at radius 2 is 1.83 bits per heavy atom. The number of sulfonamides is 1. The molecule has 0 bridgehead atoms. The summed E-state index contributed by atoms with van der Waals surface area (Å²) < 4.78 is 36.7. The van der Waals surface area contributed by atoms with Gasteiger partial charge in [0, 0.05) is 14.5 Å². The molecular weight excluding hydrogens is 486 g/mol. The van der Waals surface area contributed by atoms with E-state index >= 15 is 0 Å². The average molecular weight is 492 g/mol. The molecule has 0 aliphatic heterocycles. The van der Waals surface area contributed by atoms with Crippen molar-refractivity contribution in [3.8, 4) is 0 Å². The highest BCUT2D eigenvalue weighted by atomic mass is 79.9. The molecule has 0 saturated carbocycles. The van der Waals surface area contributed by atoms with E-state index in [9.17, 15) is 18.3 Å². The predicted octanol–water partition coefficient (Wildman–Crippen LogP) is 2.38. The van der Waals surface area contributed by atoms with Gasteiger partial charge in [-0.05, 0) is 46.3 Å². The second-order valence-corrected chi connectivity index (χ2v) is 8.54. The summed E-state index contributed by atoms with van der Waals surface area (Å²) in [6, 6.07) is 7.02. The van der Waals surface area contributed by atoms with Gasteiger partial charge >= 0.3 is 0 Å². The van der Waals surface area contributed by atoms with E-state index < -0.39 is 16.0 Å². The minimum atomic E-state index is -4.07. The topological polar surface area (TPSA) is 112 Å². The van der Waals surface area contributed by atoms with Crippen LogP contribution >= 0.6 is 43.6 Å². The molecule has 1 heterocycles. The first-order chi connectivity index (χ1) is 11.3. The van der Waals surface area contributed by atoms with Crippen molar-refractivity contribution >= 4 is 76.3 Å². The molecule has 3 rings (SSSR count). The van der Waals surface area contributed by atoms with Crippen molar-refractivity contribution in [2.45, 2.75) is 4.90 Å². The summed E-state index contributed by atoms with van der Waals surface area (Å²) in [6.45, 7) is 0. The summed E-state index contributed by atoms with van der Waals surface area (Å²) in [6.07, 6.45) is 0. The summed E-state index contributed by atoms with van der Waals surface area (Å²) in [5.74, 6) is -1.50. The van der Waals surface area contributed by atoms with Gasteiger partial charge in [0.25, 0.3) is 10.0 Å². The number of carboxylic acid groups (broad SMARTS) is 1. The van der Waals surface area contributed by atoms with Crippen LogP contribution in [0.1, 0.15) is 10.4 Å². The predicted molar refractivity (Wildman–Crippen MR) is 94.4 cm³/mol. The van der Waals surface area contributed by atoms with E-state index in [4.69, 9.17) is 0 Å². The van der Waals surface area contributed by atoms with E-state index in [1.165, 1.54) is 24.3 Å². The molecule has 24 heavy (non-hydrogen) atoms. The number of carboxylic acids is 1. The SMILES string of the molecule is O=C([O-])c1cc(Br)ccc1NS(=O)(=O)c1ccc(Br)c2nsnc12. The van der Waals surface area contributed by atoms with E-state index in [0.29, 0.717) is 14.5 Å². The number of carbonyl (C=O) groups is 1. The number of nitrogens with one attached hydrogen (secondary N) is 1. The molecule has 0 aliphatic carbocycles. The van der Waals surface area contributed by atoms with Gasteiger partial charge < -0.3 is 9.90 Å². The van der Waals surface area contributed by atoms with Crippen molar-refractivity contribution in [1.82, 2.24) is 8.75 Å². The van der Waals surface area contributed by atoms with Gasteiger partial charge in [-0.15, -0.1) is 0 Å². The fourth-order valence-corrected chi connectivity index (χ4v) is 4.74.